The minimum Gasteiger partial charge on any atom is -0.383 e. The number of nitrogens with one attached hydrogen (secondary N) is 1. The molecular formula is C17H29NO3. The van der Waals surface area contributed by atoms with E-state index in [1.54, 1.807) is 7.11 Å². The van der Waals surface area contributed by atoms with Gasteiger partial charge in [-0.05, 0) is 23.1 Å². The zero-order valence-corrected chi connectivity index (χ0v) is 13.8. The van der Waals surface area contributed by atoms with Crippen LogP contribution in [0.5, 0.6) is 0 Å². The Labute approximate surface area is 128 Å². The Morgan fingerprint density at radius 3 is 2.00 bits per heavy atom. The van der Waals surface area contributed by atoms with Crippen LogP contribution in [0.3, 0.4) is 0 Å². The van der Waals surface area contributed by atoms with Gasteiger partial charge in [-0.15, -0.1) is 0 Å². The average Bonchev–Trinajstić information content (AvgIpc) is 2.45. The van der Waals surface area contributed by atoms with E-state index in [1.165, 1.54) is 5.56 Å². The highest BCUT2D eigenvalue weighted by molar-refractivity contribution is 5.45. The summed E-state index contributed by atoms with van der Waals surface area (Å²) in [5.74, 6) is 0. The molecule has 0 spiro atoms. The van der Waals surface area contributed by atoms with Crippen LogP contribution in [0.15, 0.2) is 24.3 Å². The molecule has 0 heterocycles. The summed E-state index contributed by atoms with van der Waals surface area (Å²) in [5.41, 5.74) is 2.67. The molecule has 0 fully saturated rings. The van der Waals surface area contributed by atoms with E-state index in [4.69, 9.17) is 14.2 Å². The van der Waals surface area contributed by atoms with Crippen LogP contribution in [0.4, 0.5) is 5.69 Å². The molecule has 1 N–H and O–H groups in total. The van der Waals surface area contributed by atoms with E-state index in [9.17, 15) is 0 Å². The van der Waals surface area contributed by atoms with Gasteiger partial charge in [-0.1, -0.05) is 32.9 Å². The minimum atomic E-state index is 0.199. The fourth-order valence-electron chi connectivity index (χ4n) is 1.82. The molecule has 1 aromatic carbocycles. The molecule has 0 aromatic heterocycles. The Morgan fingerprint density at radius 1 is 0.857 bits per heavy atom. The first-order valence-electron chi connectivity index (χ1n) is 7.53. The van der Waals surface area contributed by atoms with Crippen LogP contribution in [0.1, 0.15) is 26.3 Å². The first-order chi connectivity index (χ1) is 10.0. The average molecular weight is 295 g/mol. The summed E-state index contributed by atoms with van der Waals surface area (Å²) in [6, 6.07) is 8.59. The van der Waals surface area contributed by atoms with E-state index in [1.807, 2.05) is 0 Å². The summed E-state index contributed by atoms with van der Waals surface area (Å²) >= 11 is 0. The smallest absolute Gasteiger partial charge is 0.0701 e. The summed E-state index contributed by atoms with van der Waals surface area (Å²) in [7, 11) is 1.67. The molecule has 0 unspecified atom stereocenters. The Morgan fingerprint density at radius 2 is 1.43 bits per heavy atom. The molecule has 21 heavy (non-hydrogen) atoms. The third-order valence-corrected chi connectivity index (χ3v) is 3.13. The van der Waals surface area contributed by atoms with Crippen LogP contribution in [0.25, 0.3) is 0 Å². The van der Waals surface area contributed by atoms with Crippen molar-refractivity contribution in [2.75, 3.05) is 52.0 Å². The standard InChI is InChI=1S/C17H29NO3/c1-17(2,3)15-5-7-16(8-6-15)18-9-10-20-13-14-21-12-11-19-4/h5-8,18H,9-14H2,1-4H3. The normalized spacial score (nSPS) is 11.6. The van der Waals surface area contributed by atoms with E-state index in [2.05, 4.69) is 50.4 Å². The van der Waals surface area contributed by atoms with Crippen LogP contribution in [-0.2, 0) is 19.6 Å². The molecule has 0 aliphatic carbocycles. The van der Waals surface area contributed by atoms with Crippen LogP contribution >= 0.6 is 0 Å². The first kappa shape index (κ1) is 18.0. The Kier molecular flexibility index (Phi) is 8.35. The van der Waals surface area contributed by atoms with Crippen LogP contribution in [-0.4, -0.2) is 46.7 Å². The summed E-state index contributed by atoms with van der Waals surface area (Å²) in [4.78, 5) is 0. The molecule has 120 valence electrons. The maximum Gasteiger partial charge on any atom is 0.0701 e. The molecule has 0 aliphatic rings. The number of hydrogen-bond donors (Lipinski definition) is 1. The predicted octanol–water partition coefficient (Wildman–Crippen LogP) is 3.08. The second kappa shape index (κ2) is 9.77. The Hall–Kier alpha value is -1.10. The lowest BCUT2D eigenvalue weighted by molar-refractivity contribution is 0.0272. The van der Waals surface area contributed by atoms with E-state index >= 15 is 0 Å². The molecule has 0 bridgehead atoms. The van der Waals surface area contributed by atoms with Crippen molar-refractivity contribution in [3.63, 3.8) is 0 Å². The largest absolute Gasteiger partial charge is 0.383 e. The predicted molar refractivity (Wildman–Crippen MR) is 87.1 cm³/mol. The molecule has 1 aromatic rings. The summed E-state index contributed by atoms with van der Waals surface area (Å²) in [6.07, 6.45) is 0. The highest BCUT2D eigenvalue weighted by atomic mass is 16.5. The molecule has 0 atom stereocenters. The summed E-state index contributed by atoms with van der Waals surface area (Å²) < 4.78 is 15.7. The zero-order chi connectivity index (χ0) is 15.6. The highest BCUT2D eigenvalue weighted by Crippen LogP contribution is 2.23. The maximum absolute atomic E-state index is 5.49. The van der Waals surface area contributed by atoms with Crippen LogP contribution < -0.4 is 5.32 Å². The minimum absolute atomic E-state index is 0.199. The van der Waals surface area contributed by atoms with Gasteiger partial charge in [0.2, 0.25) is 0 Å². The van der Waals surface area contributed by atoms with E-state index in [0.29, 0.717) is 33.0 Å². The topological polar surface area (TPSA) is 39.7 Å². The van der Waals surface area contributed by atoms with E-state index in [-0.39, 0.29) is 5.41 Å². The highest BCUT2D eigenvalue weighted by Gasteiger charge is 2.12. The van der Waals surface area contributed by atoms with Gasteiger partial charge in [-0.25, -0.2) is 0 Å². The summed E-state index contributed by atoms with van der Waals surface area (Å²) in [6.45, 7) is 10.6. The fourth-order valence-corrected chi connectivity index (χ4v) is 1.82. The van der Waals surface area contributed by atoms with Crippen molar-refractivity contribution in [2.24, 2.45) is 0 Å². The third-order valence-electron chi connectivity index (χ3n) is 3.13. The molecule has 0 saturated carbocycles. The second-order valence-corrected chi connectivity index (χ2v) is 5.97. The Balaban J connectivity index is 2.08. The lowest BCUT2D eigenvalue weighted by Gasteiger charge is -2.19. The number of methoxy groups -OCH3 is 1. The van der Waals surface area contributed by atoms with Crippen molar-refractivity contribution in [3.05, 3.63) is 29.8 Å². The Bertz CT molecular complexity index is 371. The van der Waals surface area contributed by atoms with Crippen molar-refractivity contribution in [3.8, 4) is 0 Å². The van der Waals surface area contributed by atoms with Gasteiger partial charge in [0.15, 0.2) is 0 Å². The van der Waals surface area contributed by atoms with Gasteiger partial charge in [0, 0.05) is 19.3 Å². The van der Waals surface area contributed by atoms with E-state index < -0.39 is 0 Å². The van der Waals surface area contributed by atoms with Gasteiger partial charge >= 0.3 is 0 Å². The van der Waals surface area contributed by atoms with Gasteiger partial charge in [0.25, 0.3) is 0 Å². The molecule has 4 heteroatoms. The van der Waals surface area contributed by atoms with Crippen molar-refractivity contribution >= 4 is 5.69 Å². The fraction of sp³-hybridized carbons (Fsp3) is 0.647. The molecule has 0 amide bonds. The van der Waals surface area contributed by atoms with Crippen LogP contribution in [0.2, 0.25) is 0 Å². The molecule has 0 aliphatic heterocycles. The molecule has 4 nitrogen and oxygen atoms in total. The SMILES string of the molecule is COCCOCCOCCNc1ccc(C(C)(C)C)cc1. The number of hydrogen-bond acceptors (Lipinski definition) is 4. The lowest BCUT2D eigenvalue weighted by atomic mass is 9.87. The first-order valence-corrected chi connectivity index (χ1v) is 7.53. The number of benzene rings is 1. The van der Waals surface area contributed by atoms with Crippen molar-refractivity contribution in [1.29, 1.82) is 0 Å². The maximum atomic E-state index is 5.49. The number of rotatable bonds is 10. The number of ether oxygens (including phenoxy) is 3. The number of anilines is 1. The monoisotopic (exact) mass is 295 g/mol. The van der Waals surface area contributed by atoms with Gasteiger partial charge in [-0.2, -0.15) is 0 Å². The quantitative estimate of drug-likeness (QED) is 0.673. The third kappa shape index (κ3) is 8.05. The van der Waals surface area contributed by atoms with Crippen LogP contribution in [0, 0.1) is 0 Å². The van der Waals surface area contributed by atoms with Crippen molar-refractivity contribution in [2.45, 2.75) is 26.2 Å². The molecule has 0 saturated heterocycles. The van der Waals surface area contributed by atoms with Gasteiger partial charge in [0.1, 0.15) is 0 Å². The molecular weight excluding hydrogens is 266 g/mol. The summed E-state index contributed by atoms with van der Waals surface area (Å²) in [5, 5.41) is 3.35. The van der Waals surface area contributed by atoms with Crippen molar-refractivity contribution < 1.29 is 14.2 Å². The van der Waals surface area contributed by atoms with Gasteiger partial charge in [-0.3, -0.25) is 0 Å². The second-order valence-electron chi connectivity index (χ2n) is 5.97. The van der Waals surface area contributed by atoms with Crippen molar-refractivity contribution in [1.82, 2.24) is 0 Å². The molecule has 1 rings (SSSR count). The lowest BCUT2D eigenvalue weighted by Crippen LogP contribution is -2.14. The zero-order valence-electron chi connectivity index (χ0n) is 13.8. The van der Waals surface area contributed by atoms with Gasteiger partial charge < -0.3 is 19.5 Å². The van der Waals surface area contributed by atoms with E-state index in [0.717, 1.165) is 12.2 Å². The molecule has 0 radical (unpaired) electrons. The van der Waals surface area contributed by atoms with Gasteiger partial charge in [0.05, 0.1) is 33.0 Å².